The lowest BCUT2D eigenvalue weighted by Gasteiger charge is -2.16. The van der Waals surface area contributed by atoms with Crippen molar-refractivity contribution in [1.29, 1.82) is 0 Å². The van der Waals surface area contributed by atoms with E-state index in [9.17, 15) is 9.18 Å². The minimum Gasteiger partial charge on any atom is -0.300 e. The van der Waals surface area contributed by atoms with Crippen molar-refractivity contribution >= 4 is 5.78 Å². The summed E-state index contributed by atoms with van der Waals surface area (Å²) in [7, 11) is 0. The van der Waals surface area contributed by atoms with Gasteiger partial charge in [0.15, 0.2) is 0 Å². The molecule has 0 fully saturated rings. The van der Waals surface area contributed by atoms with Gasteiger partial charge in [0, 0.05) is 12.8 Å². The molecule has 1 aromatic rings. The van der Waals surface area contributed by atoms with Crippen LogP contribution in [0.3, 0.4) is 0 Å². The molecule has 0 atom stereocenters. The van der Waals surface area contributed by atoms with Crippen LogP contribution in [0.5, 0.6) is 0 Å². The summed E-state index contributed by atoms with van der Waals surface area (Å²) in [6, 6.07) is 6.34. The van der Waals surface area contributed by atoms with Gasteiger partial charge < -0.3 is 0 Å². The first-order valence-corrected chi connectivity index (χ1v) is 5.63. The van der Waals surface area contributed by atoms with Gasteiger partial charge in [0.2, 0.25) is 0 Å². The van der Waals surface area contributed by atoms with E-state index < -0.39 is 0 Å². The predicted octanol–water partition coefficient (Wildman–Crippen LogP) is 3.76. The largest absolute Gasteiger partial charge is 0.300 e. The fourth-order valence-corrected chi connectivity index (χ4v) is 1.61. The van der Waals surface area contributed by atoms with E-state index in [1.807, 2.05) is 0 Å². The Morgan fingerprint density at radius 1 is 1.19 bits per heavy atom. The zero-order valence-electron chi connectivity index (χ0n) is 10.2. The number of ketones is 1. The standard InChI is InChI=1S/C14H19FO/c1-14(2,3)10-13(16)9-6-11-4-7-12(15)8-5-11/h4-5,7-8H,6,9-10H2,1-3H3. The third kappa shape index (κ3) is 5.06. The van der Waals surface area contributed by atoms with Crippen molar-refractivity contribution in [3.63, 3.8) is 0 Å². The van der Waals surface area contributed by atoms with Gasteiger partial charge in [-0.15, -0.1) is 0 Å². The van der Waals surface area contributed by atoms with Gasteiger partial charge >= 0.3 is 0 Å². The molecule has 1 rings (SSSR count). The zero-order chi connectivity index (χ0) is 12.2. The van der Waals surface area contributed by atoms with Crippen molar-refractivity contribution in [1.82, 2.24) is 0 Å². The van der Waals surface area contributed by atoms with Crippen LogP contribution in [0, 0.1) is 11.2 Å². The van der Waals surface area contributed by atoms with E-state index in [2.05, 4.69) is 20.8 Å². The summed E-state index contributed by atoms with van der Waals surface area (Å²) >= 11 is 0. The number of rotatable bonds is 4. The molecule has 0 saturated heterocycles. The number of halogens is 1. The minimum atomic E-state index is -0.232. The number of hydrogen-bond donors (Lipinski definition) is 0. The molecule has 0 unspecified atom stereocenters. The maximum Gasteiger partial charge on any atom is 0.133 e. The Labute approximate surface area is 96.7 Å². The van der Waals surface area contributed by atoms with Crippen molar-refractivity contribution < 1.29 is 9.18 Å². The van der Waals surface area contributed by atoms with Crippen molar-refractivity contribution in [2.24, 2.45) is 5.41 Å². The molecule has 0 aliphatic heterocycles. The van der Waals surface area contributed by atoms with Gasteiger partial charge in [-0.3, -0.25) is 4.79 Å². The van der Waals surface area contributed by atoms with Crippen LogP contribution in [-0.4, -0.2) is 5.78 Å². The molecular weight excluding hydrogens is 203 g/mol. The second-order valence-corrected chi connectivity index (χ2v) is 5.40. The molecule has 0 amide bonds. The summed E-state index contributed by atoms with van der Waals surface area (Å²) in [6.45, 7) is 6.17. The lowest BCUT2D eigenvalue weighted by Crippen LogP contribution is -2.13. The molecule has 0 aliphatic rings. The Hall–Kier alpha value is -1.18. The maximum atomic E-state index is 12.6. The number of Topliss-reactive ketones (excluding diaryl/α,β-unsaturated/α-hetero) is 1. The second-order valence-electron chi connectivity index (χ2n) is 5.40. The van der Waals surface area contributed by atoms with Crippen molar-refractivity contribution in [2.75, 3.05) is 0 Å². The van der Waals surface area contributed by atoms with E-state index in [0.29, 0.717) is 19.3 Å². The van der Waals surface area contributed by atoms with Gasteiger partial charge in [0.25, 0.3) is 0 Å². The summed E-state index contributed by atoms with van der Waals surface area (Å²) in [5.41, 5.74) is 1.07. The minimum absolute atomic E-state index is 0.0554. The van der Waals surface area contributed by atoms with Crippen LogP contribution in [-0.2, 0) is 11.2 Å². The maximum absolute atomic E-state index is 12.6. The smallest absolute Gasteiger partial charge is 0.133 e. The third-order valence-corrected chi connectivity index (χ3v) is 2.33. The summed E-state index contributed by atoms with van der Waals surface area (Å²) in [5, 5.41) is 0. The molecule has 0 saturated carbocycles. The molecule has 0 spiro atoms. The van der Waals surface area contributed by atoms with Crippen molar-refractivity contribution in [3.05, 3.63) is 35.6 Å². The quantitative estimate of drug-likeness (QED) is 0.758. The van der Waals surface area contributed by atoms with Crippen LogP contribution >= 0.6 is 0 Å². The summed E-state index contributed by atoms with van der Waals surface area (Å²) in [5.74, 6) is 0.0431. The normalized spacial score (nSPS) is 11.5. The van der Waals surface area contributed by atoms with Crippen LogP contribution in [0.4, 0.5) is 4.39 Å². The fraction of sp³-hybridized carbons (Fsp3) is 0.500. The second kappa shape index (κ2) is 5.24. The van der Waals surface area contributed by atoms with E-state index >= 15 is 0 Å². The third-order valence-electron chi connectivity index (χ3n) is 2.33. The first-order chi connectivity index (χ1) is 7.37. The number of aryl methyl sites for hydroxylation is 1. The van der Waals surface area contributed by atoms with Crippen LogP contribution in [0.15, 0.2) is 24.3 Å². The summed E-state index contributed by atoms with van der Waals surface area (Å²) in [6.07, 6.45) is 1.85. The molecule has 0 aromatic heterocycles. The van der Waals surface area contributed by atoms with Crippen LogP contribution < -0.4 is 0 Å². The lowest BCUT2D eigenvalue weighted by atomic mass is 9.88. The Morgan fingerprint density at radius 2 is 1.75 bits per heavy atom. The van der Waals surface area contributed by atoms with Gasteiger partial charge in [-0.05, 0) is 29.5 Å². The highest BCUT2D eigenvalue weighted by Crippen LogP contribution is 2.20. The zero-order valence-corrected chi connectivity index (χ0v) is 10.2. The van der Waals surface area contributed by atoms with E-state index in [1.54, 1.807) is 12.1 Å². The van der Waals surface area contributed by atoms with Gasteiger partial charge in [-0.1, -0.05) is 32.9 Å². The van der Waals surface area contributed by atoms with Gasteiger partial charge in [-0.25, -0.2) is 4.39 Å². The molecule has 0 aliphatic carbocycles. The summed E-state index contributed by atoms with van der Waals surface area (Å²) < 4.78 is 12.6. The van der Waals surface area contributed by atoms with E-state index in [-0.39, 0.29) is 17.0 Å². The molecule has 2 heteroatoms. The van der Waals surface area contributed by atoms with Crippen LogP contribution in [0.25, 0.3) is 0 Å². The van der Waals surface area contributed by atoms with Crippen molar-refractivity contribution in [2.45, 2.75) is 40.0 Å². The average Bonchev–Trinajstić information content (AvgIpc) is 2.14. The number of hydrogen-bond acceptors (Lipinski definition) is 1. The fourth-order valence-electron chi connectivity index (χ4n) is 1.61. The van der Waals surface area contributed by atoms with Crippen LogP contribution in [0.1, 0.15) is 39.2 Å². The molecule has 88 valence electrons. The van der Waals surface area contributed by atoms with E-state index in [1.165, 1.54) is 12.1 Å². The average molecular weight is 222 g/mol. The molecule has 0 bridgehead atoms. The lowest BCUT2D eigenvalue weighted by molar-refractivity contribution is -0.120. The topological polar surface area (TPSA) is 17.1 Å². The van der Waals surface area contributed by atoms with E-state index in [4.69, 9.17) is 0 Å². The molecule has 0 radical (unpaired) electrons. The highest BCUT2D eigenvalue weighted by molar-refractivity contribution is 5.79. The van der Waals surface area contributed by atoms with Crippen LogP contribution in [0.2, 0.25) is 0 Å². The SMILES string of the molecule is CC(C)(C)CC(=O)CCc1ccc(F)cc1. The Kier molecular flexibility index (Phi) is 4.22. The Bertz CT molecular complexity index is 346. The monoisotopic (exact) mass is 222 g/mol. The Balaban J connectivity index is 2.40. The molecule has 16 heavy (non-hydrogen) atoms. The Morgan fingerprint density at radius 3 is 2.25 bits per heavy atom. The number of benzene rings is 1. The highest BCUT2D eigenvalue weighted by Gasteiger charge is 2.15. The molecule has 1 aromatic carbocycles. The number of carbonyl (C=O) groups is 1. The molecular formula is C14H19FO. The highest BCUT2D eigenvalue weighted by atomic mass is 19.1. The molecule has 1 nitrogen and oxygen atoms in total. The molecule has 0 heterocycles. The predicted molar refractivity (Wildman–Crippen MR) is 63.8 cm³/mol. The van der Waals surface area contributed by atoms with Crippen molar-refractivity contribution in [3.8, 4) is 0 Å². The number of carbonyl (C=O) groups excluding carboxylic acids is 1. The first kappa shape index (κ1) is 12.9. The van der Waals surface area contributed by atoms with Gasteiger partial charge in [0.05, 0.1) is 0 Å². The van der Waals surface area contributed by atoms with Gasteiger partial charge in [-0.2, -0.15) is 0 Å². The summed E-state index contributed by atoms with van der Waals surface area (Å²) in [4.78, 5) is 11.6. The van der Waals surface area contributed by atoms with E-state index in [0.717, 1.165) is 5.56 Å². The van der Waals surface area contributed by atoms with Gasteiger partial charge in [0.1, 0.15) is 11.6 Å². The molecule has 0 N–H and O–H groups in total. The first-order valence-electron chi connectivity index (χ1n) is 5.63.